The van der Waals surface area contributed by atoms with E-state index < -0.39 is 30.5 Å². The molecule has 0 saturated carbocycles. The van der Waals surface area contributed by atoms with Crippen LogP contribution in [0.1, 0.15) is 17.5 Å². The molecule has 1 saturated heterocycles. The predicted octanol–water partition coefficient (Wildman–Crippen LogP) is 2.15. The van der Waals surface area contributed by atoms with Gasteiger partial charge in [0.15, 0.2) is 6.04 Å². The maximum atomic E-state index is 12.7. The number of fused-ring (bicyclic) bond motifs is 3. The molecule has 0 radical (unpaired) electrons. The second-order valence-electron chi connectivity index (χ2n) is 7.13. The number of alkyl halides is 1. The highest BCUT2D eigenvalue weighted by Crippen LogP contribution is 2.39. The van der Waals surface area contributed by atoms with Crippen molar-refractivity contribution in [1.82, 2.24) is 5.32 Å². The number of aliphatic carboxylic acids is 1. The van der Waals surface area contributed by atoms with E-state index in [0.29, 0.717) is 5.69 Å². The summed E-state index contributed by atoms with van der Waals surface area (Å²) in [5, 5.41) is 11.0. The Bertz CT molecular complexity index is 975. The Hall–Kier alpha value is -3.22. The van der Waals surface area contributed by atoms with Crippen molar-refractivity contribution in [1.29, 1.82) is 0 Å². The van der Waals surface area contributed by atoms with Gasteiger partial charge in [0.05, 0.1) is 5.92 Å². The van der Waals surface area contributed by atoms with Gasteiger partial charge in [-0.15, -0.1) is 0 Å². The molecular weight excluding hydrogens is 363 g/mol. The van der Waals surface area contributed by atoms with Crippen LogP contribution in [0.4, 0.5) is 10.1 Å². The minimum atomic E-state index is -1.59. The fourth-order valence-electron chi connectivity index (χ4n) is 3.89. The molecule has 0 spiro atoms. The second-order valence-corrected chi connectivity index (χ2v) is 7.13. The van der Waals surface area contributed by atoms with Crippen LogP contribution in [-0.4, -0.2) is 42.2 Å². The lowest BCUT2D eigenvalue weighted by Crippen LogP contribution is -2.45. The maximum absolute atomic E-state index is 12.7. The van der Waals surface area contributed by atoms with Crippen LogP contribution in [0.2, 0.25) is 0 Å². The maximum Gasteiger partial charge on any atom is 0.328 e. The van der Waals surface area contributed by atoms with Gasteiger partial charge < -0.3 is 15.3 Å². The van der Waals surface area contributed by atoms with Crippen molar-refractivity contribution >= 4 is 23.5 Å². The highest BCUT2D eigenvalue weighted by molar-refractivity contribution is 6.01. The van der Waals surface area contributed by atoms with Gasteiger partial charge in [-0.2, -0.15) is 0 Å². The molecule has 2 atom stereocenters. The van der Waals surface area contributed by atoms with Crippen molar-refractivity contribution in [3.8, 4) is 11.1 Å². The number of carbonyl (C=O) groups is 3. The van der Waals surface area contributed by atoms with Gasteiger partial charge in [0.1, 0.15) is 6.67 Å². The number of anilines is 1. The number of carbonyl (C=O) groups excluding carboxylic acids is 2. The third kappa shape index (κ3) is 3.13. The third-order valence-corrected chi connectivity index (χ3v) is 5.35. The topological polar surface area (TPSA) is 86.7 Å². The van der Waals surface area contributed by atoms with Crippen molar-refractivity contribution in [2.45, 2.75) is 18.9 Å². The van der Waals surface area contributed by atoms with Crippen LogP contribution >= 0.6 is 0 Å². The van der Waals surface area contributed by atoms with Gasteiger partial charge in [-0.05, 0) is 40.8 Å². The van der Waals surface area contributed by atoms with E-state index >= 15 is 0 Å². The van der Waals surface area contributed by atoms with E-state index in [9.17, 15) is 18.8 Å². The molecule has 144 valence electrons. The van der Waals surface area contributed by atoms with Crippen LogP contribution < -0.4 is 10.2 Å². The van der Waals surface area contributed by atoms with Crippen LogP contribution in [0.15, 0.2) is 42.5 Å². The monoisotopic (exact) mass is 382 g/mol. The van der Waals surface area contributed by atoms with E-state index in [4.69, 9.17) is 5.11 Å². The lowest BCUT2D eigenvalue weighted by Gasteiger charge is -2.18. The number of carboxylic acids is 1. The van der Waals surface area contributed by atoms with Gasteiger partial charge in [0.2, 0.25) is 11.8 Å². The number of benzene rings is 2. The molecule has 2 aliphatic rings. The molecule has 1 aliphatic carbocycles. The van der Waals surface area contributed by atoms with Gasteiger partial charge in [-0.3, -0.25) is 9.59 Å². The molecule has 7 heteroatoms. The van der Waals surface area contributed by atoms with Gasteiger partial charge in [0, 0.05) is 18.7 Å². The van der Waals surface area contributed by atoms with Crippen molar-refractivity contribution < 1.29 is 23.9 Å². The zero-order valence-electron chi connectivity index (χ0n) is 15.0. The molecule has 2 aromatic rings. The smallest absolute Gasteiger partial charge is 0.328 e. The summed E-state index contributed by atoms with van der Waals surface area (Å²) in [4.78, 5) is 37.2. The number of nitrogens with one attached hydrogen (secondary N) is 1. The quantitative estimate of drug-likeness (QED) is 0.708. The Morgan fingerprint density at radius 3 is 2.68 bits per heavy atom. The summed E-state index contributed by atoms with van der Waals surface area (Å²) in [6.45, 7) is -1.05. The first-order valence-electron chi connectivity index (χ1n) is 9.08. The first-order chi connectivity index (χ1) is 13.5. The van der Waals surface area contributed by atoms with Crippen LogP contribution in [-0.2, 0) is 20.8 Å². The lowest BCUT2D eigenvalue weighted by atomic mass is 10.1. The normalized spacial score (nSPS) is 18.5. The molecule has 28 heavy (non-hydrogen) atoms. The van der Waals surface area contributed by atoms with E-state index in [1.807, 2.05) is 30.3 Å². The Morgan fingerprint density at radius 1 is 1.18 bits per heavy atom. The molecule has 4 rings (SSSR count). The van der Waals surface area contributed by atoms with Crippen molar-refractivity contribution in [3.63, 3.8) is 0 Å². The highest BCUT2D eigenvalue weighted by atomic mass is 19.1. The minimum absolute atomic E-state index is 0.0260. The zero-order chi connectivity index (χ0) is 19.8. The molecule has 0 aromatic heterocycles. The first-order valence-corrected chi connectivity index (χ1v) is 9.08. The van der Waals surface area contributed by atoms with E-state index in [2.05, 4.69) is 17.4 Å². The molecule has 2 aromatic carbocycles. The fourth-order valence-corrected chi connectivity index (χ4v) is 3.89. The molecule has 2 N–H and O–H groups in total. The Labute approximate surface area is 161 Å². The van der Waals surface area contributed by atoms with E-state index in [1.165, 1.54) is 11.1 Å². The van der Waals surface area contributed by atoms with Crippen LogP contribution in [0, 0.1) is 5.92 Å². The van der Waals surface area contributed by atoms with E-state index in [0.717, 1.165) is 17.5 Å². The Morgan fingerprint density at radius 2 is 1.93 bits per heavy atom. The van der Waals surface area contributed by atoms with Gasteiger partial charge in [-0.25, -0.2) is 9.18 Å². The summed E-state index contributed by atoms with van der Waals surface area (Å²) in [6.07, 6.45) is 0.768. The molecular formula is C21H19FN2O4. The van der Waals surface area contributed by atoms with Crippen molar-refractivity contribution in [2.75, 3.05) is 18.1 Å². The number of hydrogen-bond acceptors (Lipinski definition) is 3. The van der Waals surface area contributed by atoms with Gasteiger partial charge in [-0.1, -0.05) is 30.3 Å². The average Bonchev–Trinajstić information content (AvgIpc) is 3.25. The summed E-state index contributed by atoms with van der Waals surface area (Å²) in [5.41, 5.74) is 5.42. The zero-order valence-corrected chi connectivity index (χ0v) is 15.0. The summed E-state index contributed by atoms with van der Waals surface area (Å²) < 4.78 is 12.7. The average molecular weight is 382 g/mol. The molecule has 1 aliphatic heterocycles. The molecule has 6 nitrogen and oxygen atoms in total. The van der Waals surface area contributed by atoms with Crippen molar-refractivity contribution in [3.05, 3.63) is 53.6 Å². The Kier molecular flexibility index (Phi) is 4.58. The number of nitrogens with zero attached hydrogens (tertiary/aromatic N) is 1. The van der Waals surface area contributed by atoms with E-state index in [-0.39, 0.29) is 18.9 Å². The number of amides is 2. The minimum Gasteiger partial charge on any atom is -0.480 e. The lowest BCUT2D eigenvalue weighted by molar-refractivity contribution is -0.142. The van der Waals surface area contributed by atoms with Crippen molar-refractivity contribution in [2.24, 2.45) is 5.92 Å². The van der Waals surface area contributed by atoms with E-state index in [1.54, 1.807) is 4.90 Å². The van der Waals surface area contributed by atoms with Crippen LogP contribution in [0.5, 0.6) is 0 Å². The third-order valence-electron chi connectivity index (χ3n) is 5.35. The standard InChI is InChI=1S/C21H19FN2O4/c22-10-18(21(27)28)23-20(26)14-9-19(25)24(11-14)15-5-6-17-13(8-15)7-12-3-1-2-4-16(12)17/h1-6,8,14,18H,7,9-11H2,(H,23,26)(H,27,28). The van der Waals surface area contributed by atoms with Gasteiger partial charge >= 0.3 is 5.97 Å². The summed E-state index contributed by atoms with van der Waals surface area (Å²) in [5.74, 6) is -2.96. The SMILES string of the molecule is O=C(NC(CF)C(=O)O)C1CC(=O)N(c2ccc3c(c2)Cc2ccccc2-3)C1. The molecule has 0 bridgehead atoms. The number of carboxylic acid groups (broad SMARTS) is 1. The second kappa shape index (κ2) is 7.07. The van der Waals surface area contributed by atoms with Gasteiger partial charge in [0.25, 0.3) is 0 Å². The highest BCUT2D eigenvalue weighted by Gasteiger charge is 2.37. The summed E-state index contributed by atoms with van der Waals surface area (Å²) >= 11 is 0. The molecule has 2 amide bonds. The predicted molar refractivity (Wildman–Crippen MR) is 101 cm³/mol. The fraction of sp³-hybridized carbons (Fsp3) is 0.286. The summed E-state index contributed by atoms with van der Waals surface area (Å²) in [7, 11) is 0. The first kappa shape index (κ1) is 18.2. The molecule has 1 heterocycles. The number of hydrogen-bond donors (Lipinski definition) is 2. The molecule has 1 fully saturated rings. The number of rotatable bonds is 5. The summed E-state index contributed by atoms with van der Waals surface area (Å²) in [6, 6.07) is 12.4. The van der Waals surface area contributed by atoms with Crippen LogP contribution in [0.3, 0.4) is 0 Å². The largest absolute Gasteiger partial charge is 0.480 e. The van der Waals surface area contributed by atoms with Crippen LogP contribution in [0.25, 0.3) is 11.1 Å². The Balaban J connectivity index is 1.50. The molecule has 2 unspecified atom stereocenters. The number of halogens is 1.